The van der Waals surface area contributed by atoms with E-state index in [0.717, 1.165) is 4.31 Å². The van der Waals surface area contributed by atoms with Gasteiger partial charge in [-0.15, -0.1) is 0 Å². The van der Waals surface area contributed by atoms with E-state index in [4.69, 9.17) is 0 Å². The van der Waals surface area contributed by atoms with Crippen molar-refractivity contribution in [3.05, 3.63) is 17.5 Å². The summed E-state index contributed by atoms with van der Waals surface area (Å²) in [6, 6.07) is 1.45. The Hall–Kier alpha value is -1.98. The monoisotopic (exact) mass is 385 g/mol. The van der Waals surface area contributed by atoms with E-state index in [9.17, 15) is 23.1 Å². The van der Waals surface area contributed by atoms with Gasteiger partial charge < -0.3 is 14.9 Å². The minimum Gasteiger partial charge on any atom is -0.391 e. The zero-order valence-electron chi connectivity index (χ0n) is 15.0. The van der Waals surface area contributed by atoms with Gasteiger partial charge in [0.15, 0.2) is 5.69 Å². The second kappa shape index (κ2) is 6.63. The van der Waals surface area contributed by atoms with Crippen molar-refractivity contribution in [3.8, 4) is 0 Å². The number of nitrogens with zero attached hydrogens (tertiary/aromatic N) is 5. The molecule has 3 heterocycles. The number of aliphatic hydroxyl groups excluding tert-OH is 1. The molecule has 1 saturated heterocycles. The Morgan fingerprint density at radius 2 is 2.04 bits per heavy atom. The topological polar surface area (TPSA) is 116 Å². The van der Waals surface area contributed by atoms with Crippen molar-refractivity contribution in [2.45, 2.75) is 12.6 Å². The van der Waals surface area contributed by atoms with Gasteiger partial charge in [-0.2, -0.15) is 5.10 Å². The number of carbonyl (C=O) groups excluding carboxylic acids is 2. The van der Waals surface area contributed by atoms with E-state index >= 15 is 0 Å². The Labute approximate surface area is 152 Å². The number of likely N-dealkylation sites (tertiary alicyclic amines) is 1. The predicted molar refractivity (Wildman–Crippen MR) is 92.1 cm³/mol. The molecule has 0 saturated carbocycles. The standard InChI is InChI=1S/C15H23N5O5S/c1-17(2)26(24,25)9-10-7-19(8-13(10)21)14(22)11-6-12-15(23)18(3)4-5-20(12)16-11/h6,10,13,21H,4-5,7-9H2,1-3H3/t10-,13+/m0/s1. The molecule has 1 fully saturated rings. The van der Waals surface area contributed by atoms with E-state index in [0.29, 0.717) is 18.8 Å². The van der Waals surface area contributed by atoms with E-state index in [-0.39, 0.29) is 30.4 Å². The Morgan fingerprint density at radius 3 is 2.69 bits per heavy atom. The lowest BCUT2D eigenvalue weighted by Crippen LogP contribution is -2.37. The highest BCUT2D eigenvalue weighted by Crippen LogP contribution is 2.22. The van der Waals surface area contributed by atoms with Crippen molar-refractivity contribution >= 4 is 21.8 Å². The summed E-state index contributed by atoms with van der Waals surface area (Å²) < 4.78 is 26.7. The zero-order valence-corrected chi connectivity index (χ0v) is 15.8. The highest BCUT2D eigenvalue weighted by molar-refractivity contribution is 7.89. The summed E-state index contributed by atoms with van der Waals surface area (Å²) >= 11 is 0. The van der Waals surface area contributed by atoms with Gasteiger partial charge in [0.05, 0.1) is 18.4 Å². The highest BCUT2D eigenvalue weighted by atomic mass is 32.2. The molecule has 10 nitrogen and oxygen atoms in total. The molecule has 0 spiro atoms. The first-order valence-corrected chi connectivity index (χ1v) is 9.92. The Kier molecular flexibility index (Phi) is 4.80. The fraction of sp³-hybridized carbons (Fsp3) is 0.667. The number of amides is 2. The molecule has 0 bridgehead atoms. The van der Waals surface area contributed by atoms with Gasteiger partial charge in [0, 0.05) is 52.8 Å². The van der Waals surface area contributed by atoms with E-state index in [1.807, 2.05) is 0 Å². The first kappa shape index (κ1) is 18.8. The average Bonchev–Trinajstić information content (AvgIpc) is 3.15. The Morgan fingerprint density at radius 1 is 1.35 bits per heavy atom. The van der Waals surface area contributed by atoms with E-state index < -0.39 is 28.0 Å². The normalized spacial score (nSPS) is 23.7. The molecule has 0 radical (unpaired) electrons. The molecule has 26 heavy (non-hydrogen) atoms. The van der Waals surface area contributed by atoms with Gasteiger partial charge in [-0.1, -0.05) is 0 Å². The van der Waals surface area contributed by atoms with Gasteiger partial charge in [-0.05, 0) is 0 Å². The van der Waals surface area contributed by atoms with Crippen LogP contribution in [0.25, 0.3) is 0 Å². The van der Waals surface area contributed by atoms with Crippen molar-refractivity contribution in [1.82, 2.24) is 23.9 Å². The van der Waals surface area contributed by atoms with Gasteiger partial charge in [0.25, 0.3) is 11.8 Å². The number of hydrogen-bond donors (Lipinski definition) is 1. The number of likely N-dealkylation sites (N-methyl/N-ethyl adjacent to an activating group) is 1. The Bertz CT molecular complexity index is 833. The molecule has 0 aromatic carbocycles. The molecular formula is C15H23N5O5S. The fourth-order valence-corrected chi connectivity index (χ4v) is 4.34. The van der Waals surface area contributed by atoms with Gasteiger partial charge in [-0.3, -0.25) is 14.3 Å². The molecule has 1 aromatic rings. The van der Waals surface area contributed by atoms with Crippen LogP contribution >= 0.6 is 0 Å². The number of β-amino-alcohol motifs (C(OH)–C–C–N with tert-alkyl or cyclic N) is 1. The molecule has 2 atom stereocenters. The molecule has 2 aliphatic rings. The summed E-state index contributed by atoms with van der Waals surface area (Å²) in [6.07, 6.45) is -0.918. The van der Waals surface area contributed by atoms with Gasteiger partial charge in [-0.25, -0.2) is 12.7 Å². The second-order valence-electron chi connectivity index (χ2n) is 6.96. The summed E-state index contributed by atoms with van der Waals surface area (Å²) in [5, 5.41) is 14.4. The van der Waals surface area contributed by atoms with Crippen LogP contribution in [-0.2, 0) is 16.6 Å². The van der Waals surface area contributed by atoms with Gasteiger partial charge in [0.1, 0.15) is 5.69 Å². The van der Waals surface area contributed by atoms with Crippen LogP contribution in [0.3, 0.4) is 0 Å². The maximum Gasteiger partial charge on any atom is 0.274 e. The second-order valence-corrected chi connectivity index (χ2v) is 9.19. The first-order chi connectivity index (χ1) is 12.1. The predicted octanol–water partition coefficient (Wildman–Crippen LogP) is -1.71. The number of aromatic nitrogens is 2. The van der Waals surface area contributed by atoms with Crippen LogP contribution in [0.1, 0.15) is 21.0 Å². The first-order valence-electron chi connectivity index (χ1n) is 8.31. The SMILES string of the molecule is CN1CCn2nc(C(=O)N3C[C@@H](CS(=O)(=O)N(C)C)[C@H](O)C3)cc2C1=O. The highest BCUT2D eigenvalue weighted by Gasteiger charge is 2.38. The largest absolute Gasteiger partial charge is 0.391 e. The van der Waals surface area contributed by atoms with Crippen molar-refractivity contribution in [2.75, 3.05) is 46.5 Å². The summed E-state index contributed by atoms with van der Waals surface area (Å²) in [5.41, 5.74) is 0.487. The lowest BCUT2D eigenvalue weighted by atomic mass is 10.1. The molecule has 1 aromatic heterocycles. The quantitative estimate of drug-likeness (QED) is 0.660. The van der Waals surface area contributed by atoms with Crippen LogP contribution in [0, 0.1) is 5.92 Å². The lowest BCUT2D eigenvalue weighted by molar-refractivity contribution is 0.0736. The van der Waals surface area contributed by atoms with E-state index in [1.54, 1.807) is 11.9 Å². The summed E-state index contributed by atoms with van der Waals surface area (Å²) in [6.45, 7) is 1.21. The number of carbonyl (C=O) groups is 2. The summed E-state index contributed by atoms with van der Waals surface area (Å²) in [4.78, 5) is 27.8. The fourth-order valence-electron chi connectivity index (χ4n) is 3.17. The average molecular weight is 385 g/mol. The summed E-state index contributed by atoms with van der Waals surface area (Å²) in [7, 11) is 1.08. The van der Waals surface area contributed by atoms with Crippen LogP contribution < -0.4 is 0 Å². The third-order valence-corrected chi connectivity index (χ3v) is 6.85. The molecular weight excluding hydrogens is 362 g/mol. The van der Waals surface area contributed by atoms with Crippen molar-refractivity contribution in [1.29, 1.82) is 0 Å². The number of sulfonamides is 1. The zero-order chi connectivity index (χ0) is 19.2. The van der Waals surface area contributed by atoms with Gasteiger partial charge in [0.2, 0.25) is 10.0 Å². The van der Waals surface area contributed by atoms with Crippen molar-refractivity contribution < 1.29 is 23.1 Å². The number of aliphatic hydroxyl groups is 1. The molecule has 11 heteroatoms. The maximum absolute atomic E-state index is 12.7. The summed E-state index contributed by atoms with van der Waals surface area (Å²) in [5.74, 6) is -1.39. The van der Waals surface area contributed by atoms with Crippen LogP contribution in [-0.4, -0.2) is 102 Å². The van der Waals surface area contributed by atoms with Crippen molar-refractivity contribution in [3.63, 3.8) is 0 Å². The molecule has 3 rings (SSSR count). The van der Waals surface area contributed by atoms with Crippen LogP contribution in [0.2, 0.25) is 0 Å². The van der Waals surface area contributed by atoms with Crippen LogP contribution in [0.4, 0.5) is 0 Å². The number of rotatable bonds is 4. The van der Waals surface area contributed by atoms with E-state index in [2.05, 4.69) is 5.10 Å². The smallest absolute Gasteiger partial charge is 0.274 e. The number of fused-ring (bicyclic) bond motifs is 1. The van der Waals surface area contributed by atoms with Gasteiger partial charge >= 0.3 is 0 Å². The third kappa shape index (κ3) is 3.33. The number of hydrogen-bond acceptors (Lipinski definition) is 6. The van der Waals surface area contributed by atoms with Crippen LogP contribution in [0.15, 0.2) is 6.07 Å². The molecule has 0 aliphatic carbocycles. The molecule has 1 N–H and O–H groups in total. The van der Waals surface area contributed by atoms with Crippen molar-refractivity contribution in [2.24, 2.45) is 5.92 Å². The third-order valence-electron chi connectivity index (χ3n) is 4.89. The molecule has 2 amide bonds. The molecule has 2 aliphatic heterocycles. The van der Waals surface area contributed by atoms with E-state index in [1.165, 1.54) is 29.7 Å². The lowest BCUT2D eigenvalue weighted by Gasteiger charge is -2.22. The Balaban J connectivity index is 1.74. The maximum atomic E-state index is 12.7. The minimum atomic E-state index is -3.48. The van der Waals surface area contributed by atoms with Crippen LogP contribution in [0.5, 0.6) is 0 Å². The molecule has 144 valence electrons. The molecule has 0 unspecified atom stereocenters. The minimum absolute atomic E-state index is 0.0441.